The van der Waals surface area contributed by atoms with Gasteiger partial charge < -0.3 is 15.0 Å². The third-order valence-corrected chi connectivity index (χ3v) is 6.00. The van der Waals surface area contributed by atoms with Gasteiger partial charge in [-0.3, -0.25) is 14.9 Å². The lowest BCUT2D eigenvalue weighted by Gasteiger charge is -2.26. The van der Waals surface area contributed by atoms with Crippen molar-refractivity contribution in [2.75, 3.05) is 13.7 Å². The molecule has 0 unspecified atom stereocenters. The molecule has 2 aromatic carbocycles. The lowest BCUT2D eigenvalue weighted by molar-refractivity contribution is -0.122. The van der Waals surface area contributed by atoms with Gasteiger partial charge in [-0.1, -0.05) is 40.5 Å². The minimum Gasteiger partial charge on any atom is -0.497 e. The summed E-state index contributed by atoms with van der Waals surface area (Å²) in [6.45, 7) is 0.147. The zero-order valence-electron chi connectivity index (χ0n) is 16.4. The summed E-state index contributed by atoms with van der Waals surface area (Å²) in [6, 6.07) is 8.93. The molecule has 31 heavy (non-hydrogen) atoms. The Morgan fingerprint density at radius 2 is 2.03 bits per heavy atom. The van der Waals surface area contributed by atoms with Crippen molar-refractivity contribution in [2.45, 2.75) is 16.5 Å². The Bertz CT molecular complexity index is 1170. The van der Waals surface area contributed by atoms with Gasteiger partial charge in [-0.25, -0.2) is 9.18 Å². The SMILES string of the molecule is COc1ccc2c(c1)C(=O)N(C[C@@]1(C#Cc3ccc(F)c(CI)c3)NC(=O)NC1=O)C2. The number of benzene rings is 2. The van der Waals surface area contributed by atoms with E-state index >= 15 is 0 Å². The minimum atomic E-state index is -1.61. The number of carbonyl (C=O) groups is 3. The van der Waals surface area contributed by atoms with E-state index in [4.69, 9.17) is 4.74 Å². The summed E-state index contributed by atoms with van der Waals surface area (Å²) in [4.78, 5) is 38.9. The first-order valence-corrected chi connectivity index (χ1v) is 10.8. The topological polar surface area (TPSA) is 87.7 Å². The molecule has 1 atom stereocenters. The number of alkyl halides is 1. The van der Waals surface area contributed by atoms with Gasteiger partial charge in [0.15, 0.2) is 0 Å². The van der Waals surface area contributed by atoms with Crippen LogP contribution in [0.2, 0.25) is 0 Å². The van der Waals surface area contributed by atoms with Crippen LogP contribution in [0.25, 0.3) is 0 Å². The summed E-state index contributed by atoms with van der Waals surface area (Å²) < 4.78 is 19.4. The van der Waals surface area contributed by atoms with E-state index in [0.717, 1.165) is 5.56 Å². The highest BCUT2D eigenvalue weighted by atomic mass is 127. The Kier molecular flexibility index (Phi) is 5.58. The summed E-state index contributed by atoms with van der Waals surface area (Å²) in [5.41, 5.74) is 0.654. The van der Waals surface area contributed by atoms with Crippen LogP contribution < -0.4 is 15.4 Å². The van der Waals surface area contributed by atoms with E-state index < -0.39 is 17.5 Å². The summed E-state index contributed by atoms with van der Waals surface area (Å²) in [7, 11) is 1.51. The number of carbonyl (C=O) groups excluding carboxylic acids is 3. The van der Waals surface area contributed by atoms with Gasteiger partial charge in [0.2, 0.25) is 5.54 Å². The number of urea groups is 1. The van der Waals surface area contributed by atoms with Crippen molar-refractivity contribution in [1.82, 2.24) is 15.5 Å². The number of ether oxygens (including phenoxy) is 1. The fourth-order valence-electron chi connectivity index (χ4n) is 3.55. The molecule has 0 aliphatic carbocycles. The first-order chi connectivity index (χ1) is 14.8. The summed E-state index contributed by atoms with van der Waals surface area (Å²) >= 11 is 2.05. The van der Waals surface area contributed by atoms with Crippen LogP contribution in [-0.4, -0.2) is 41.9 Å². The summed E-state index contributed by atoms with van der Waals surface area (Å²) in [5.74, 6) is 4.98. The highest BCUT2D eigenvalue weighted by Crippen LogP contribution is 2.28. The van der Waals surface area contributed by atoms with E-state index in [9.17, 15) is 18.8 Å². The average Bonchev–Trinajstić information content (AvgIpc) is 3.22. The van der Waals surface area contributed by atoms with E-state index in [0.29, 0.717) is 26.9 Å². The summed E-state index contributed by atoms with van der Waals surface area (Å²) in [6.07, 6.45) is 0. The number of halogens is 2. The zero-order chi connectivity index (χ0) is 22.2. The second-order valence-corrected chi connectivity index (χ2v) is 7.95. The second-order valence-electron chi connectivity index (χ2n) is 7.19. The lowest BCUT2D eigenvalue weighted by atomic mass is 9.98. The van der Waals surface area contributed by atoms with Crippen molar-refractivity contribution in [3.05, 3.63) is 64.5 Å². The van der Waals surface area contributed by atoms with Crippen molar-refractivity contribution >= 4 is 40.4 Å². The van der Waals surface area contributed by atoms with Gasteiger partial charge in [0.05, 0.1) is 13.7 Å². The number of imide groups is 1. The monoisotopic (exact) mass is 533 g/mol. The molecule has 1 fully saturated rings. The Morgan fingerprint density at radius 3 is 2.71 bits per heavy atom. The van der Waals surface area contributed by atoms with E-state index in [1.807, 2.05) is 22.6 Å². The fourth-order valence-corrected chi connectivity index (χ4v) is 4.13. The van der Waals surface area contributed by atoms with Gasteiger partial charge >= 0.3 is 6.03 Å². The predicted octanol–water partition coefficient (Wildman–Crippen LogP) is 2.36. The number of amides is 4. The van der Waals surface area contributed by atoms with Crippen LogP contribution in [-0.2, 0) is 15.8 Å². The third-order valence-electron chi connectivity index (χ3n) is 5.18. The van der Waals surface area contributed by atoms with Crippen LogP contribution in [0.5, 0.6) is 5.75 Å². The molecule has 158 valence electrons. The molecule has 2 N–H and O–H groups in total. The van der Waals surface area contributed by atoms with Crippen molar-refractivity contribution in [3.8, 4) is 17.6 Å². The molecule has 2 aliphatic heterocycles. The molecule has 0 radical (unpaired) electrons. The van der Waals surface area contributed by atoms with Crippen molar-refractivity contribution in [1.29, 1.82) is 0 Å². The van der Waals surface area contributed by atoms with Gasteiger partial charge in [-0.2, -0.15) is 0 Å². The lowest BCUT2D eigenvalue weighted by Crippen LogP contribution is -2.54. The van der Waals surface area contributed by atoms with Crippen molar-refractivity contribution < 1.29 is 23.5 Å². The van der Waals surface area contributed by atoms with Crippen LogP contribution in [0.1, 0.15) is 27.0 Å². The smallest absolute Gasteiger partial charge is 0.323 e. The molecular weight excluding hydrogens is 516 g/mol. The maximum absolute atomic E-state index is 13.8. The Labute approximate surface area is 191 Å². The average molecular weight is 533 g/mol. The molecule has 0 aromatic heterocycles. The van der Waals surface area contributed by atoms with Crippen LogP contribution in [0, 0.1) is 17.7 Å². The van der Waals surface area contributed by atoms with Crippen molar-refractivity contribution in [3.63, 3.8) is 0 Å². The molecule has 0 saturated carbocycles. The molecule has 1 saturated heterocycles. The summed E-state index contributed by atoms with van der Waals surface area (Å²) in [5, 5.41) is 4.75. The fraction of sp³-hybridized carbons (Fsp3) is 0.227. The van der Waals surface area contributed by atoms with E-state index in [2.05, 4.69) is 22.5 Å². The number of nitrogens with zero attached hydrogens (tertiary/aromatic N) is 1. The van der Waals surface area contributed by atoms with Gasteiger partial charge in [0, 0.05) is 22.1 Å². The molecule has 4 rings (SSSR count). The van der Waals surface area contributed by atoms with Crippen molar-refractivity contribution in [2.24, 2.45) is 0 Å². The largest absolute Gasteiger partial charge is 0.497 e. The molecule has 9 heteroatoms. The van der Waals surface area contributed by atoms with Crippen LogP contribution in [0.4, 0.5) is 9.18 Å². The Balaban J connectivity index is 1.65. The Hall–Kier alpha value is -3.13. The Morgan fingerprint density at radius 1 is 1.23 bits per heavy atom. The second kappa shape index (κ2) is 8.19. The van der Waals surface area contributed by atoms with E-state index in [1.54, 1.807) is 24.3 Å². The highest BCUT2D eigenvalue weighted by Gasteiger charge is 2.48. The molecular formula is C22H17FIN3O4. The van der Waals surface area contributed by atoms with Crippen LogP contribution >= 0.6 is 22.6 Å². The number of hydrogen-bond donors (Lipinski definition) is 2. The maximum Gasteiger partial charge on any atom is 0.323 e. The first kappa shape index (κ1) is 21.1. The molecule has 2 aliphatic rings. The van der Waals surface area contributed by atoms with E-state index in [1.165, 1.54) is 24.1 Å². The normalized spacial score (nSPS) is 19.5. The quantitative estimate of drug-likeness (QED) is 0.274. The zero-order valence-corrected chi connectivity index (χ0v) is 18.6. The van der Waals surface area contributed by atoms with Gasteiger partial charge in [0.1, 0.15) is 11.6 Å². The predicted molar refractivity (Wildman–Crippen MR) is 118 cm³/mol. The molecule has 2 heterocycles. The number of hydrogen-bond acceptors (Lipinski definition) is 4. The first-order valence-electron chi connectivity index (χ1n) is 9.32. The highest BCUT2D eigenvalue weighted by molar-refractivity contribution is 14.1. The minimum absolute atomic E-state index is 0.131. The number of rotatable bonds is 4. The molecule has 0 spiro atoms. The van der Waals surface area contributed by atoms with Crippen LogP contribution in [0.3, 0.4) is 0 Å². The third kappa shape index (κ3) is 3.95. The molecule has 0 bridgehead atoms. The molecule has 4 amide bonds. The molecule has 2 aromatic rings. The van der Waals surface area contributed by atoms with Gasteiger partial charge in [0.25, 0.3) is 11.8 Å². The maximum atomic E-state index is 13.8. The van der Waals surface area contributed by atoms with Gasteiger partial charge in [-0.05, 0) is 41.5 Å². The van der Waals surface area contributed by atoms with E-state index in [-0.39, 0.29) is 24.8 Å². The standard InChI is InChI=1S/C22H17FIN3O4/c1-31-16-4-3-14-11-27(19(28)17(14)9-16)12-22(20(29)25-21(30)26-22)7-6-13-2-5-18(23)15(8-13)10-24/h2-5,8-9H,10-12H2,1H3,(H2,25,26,29,30)/t22-/m1/s1. The number of fused-ring (bicyclic) bond motifs is 1. The van der Waals surface area contributed by atoms with Gasteiger partial charge in [-0.15, -0.1) is 0 Å². The molecule has 7 nitrogen and oxygen atoms in total. The number of methoxy groups -OCH3 is 1. The number of nitrogens with one attached hydrogen (secondary N) is 2. The van der Waals surface area contributed by atoms with Crippen LogP contribution in [0.15, 0.2) is 36.4 Å².